The van der Waals surface area contributed by atoms with Crippen molar-refractivity contribution in [2.24, 2.45) is 0 Å². The van der Waals surface area contributed by atoms with Crippen LogP contribution < -0.4 is 5.32 Å². The highest BCUT2D eigenvalue weighted by Gasteiger charge is 2.15. The number of hydrogen-bond donors (Lipinski definition) is 2. The first-order chi connectivity index (χ1) is 6.53. The van der Waals surface area contributed by atoms with Gasteiger partial charge in [-0.15, -0.1) is 0 Å². The summed E-state index contributed by atoms with van der Waals surface area (Å²) < 4.78 is 0. The molecule has 0 aromatic heterocycles. The molecule has 0 aliphatic rings. The summed E-state index contributed by atoms with van der Waals surface area (Å²) in [6, 6.07) is 7.19. The van der Waals surface area contributed by atoms with Crippen LogP contribution in [0.2, 0.25) is 0 Å². The van der Waals surface area contributed by atoms with Crippen LogP contribution in [0.15, 0.2) is 24.3 Å². The van der Waals surface area contributed by atoms with Gasteiger partial charge in [-0.2, -0.15) is 0 Å². The number of benzene rings is 1. The third-order valence-electron chi connectivity index (χ3n) is 2.23. The predicted octanol–water partition coefficient (Wildman–Crippen LogP) is 3.38. The third-order valence-corrected chi connectivity index (χ3v) is 2.23. The molecule has 2 N–H and O–H groups in total. The number of nitrogens with one attached hydrogen (secondary N) is 1. The molecule has 0 heterocycles. The molecule has 0 spiro atoms. The average Bonchev–Trinajstić information content (AvgIpc) is 2.08. The van der Waals surface area contributed by atoms with Gasteiger partial charge in [0.1, 0.15) is 5.75 Å². The third kappa shape index (κ3) is 3.29. The molecule has 78 valence electrons. The van der Waals surface area contributed by atoms with Crippen molar-refractivity contribution in [3.8, 4) is 5.75 Å². The average molecular weight is 193 g/mol. The Labute approximate surface area is 86.0 Å². The minimum absolute atomic E-state index is 0.117. The van der Waals surface area contributed by atoms with Crippen LogP contribution in [0.5, 0.6) is 5.75 Å². The topological polar surface area (TPSA) is 32.3 Å². The summed E-state index contributed by atoms with van der Waals surface area (Å²) >= 11 is 0. The fourth-order valence-corrected chi connectivity index (χ4v) is 1.62. The second kappa shape index (κ2) is 4.36. The number of hydrogen-bond acceptors (Lipinski definition) is 2. The number of rotatable bonds is 4. The van der Waals surface area contributed by atoms with Gasteiger partial charge >= 0.3 is 0 Å². The molecule has 1 aromatic rings. The molecule has 14 heavy (non-hydrogen) atoms. The Morgan fingerprint density at radius 2 is 1.79 bits per heavy atom. The lowest BCUT2D eigenvalue weighted by atomic mass is 9.98. The van der Waals surface area contributed by atoms with E-state index < -0.39 is 0 Å². The van der Waals surface area contributed by atoms with Crippen LogP contribution in [0.25, 0.3) is 0 Å². The maximum Gasteiger partial charge on any atom is 0.115 e. The largest absolute Gasteiger partial charge is 0.508 e. The second-order valence-electron chi connectivity index (χ2n) is 4.31. The number of phenols is 1. The first-order valence-corrected chi connectivity index (χ1v) is 5.11. The minimum Gasteiger partial charge on any atom is -0.508 e. The van der Waals surface area contributed by atoms with Gasteiger partial charge in [-0.25, -0.2) is 0 Å². The number of anilines is 1. The van der Waals surface area contributed by atoms with E-state index in [-0.39, 0.29) is 5.54 Å². The summed E-state index contributed by atoms with van der Waals surface area (Å²) in [5.41, 5.74) is 1.17. The van der Waals surface area contributed by atoms with E-state index >= 15 is 0 Å². The summed E-state index contributed by atoms with van der Waals surface area (Å²) in [6.07, 6.45) is 2.30. The van der Waals surface area contributed by atoms with Crippen molar-refractivity contribution >= 4 is 5.69 Å². The molecule has 0 aliphatic heterocycles. The van der Waals surface area contributed by atoms with E-state index in [0.29, 0.717) is 5.75 Å². The zero-order valence-corrected chi connectivity index (χ0v) is 9.17. The summed E-state index contributed by atoms with van der Waals surface area (Å²) in [5, 5.41) is 12.6. The van der Waals surface area contributed by atoms with Gasteiger partial charge in [-0.05, 0) is 44.5 Å². The molecule has 2 heteroatoms. The lowest BCUT2D eigenvalue weighted by molar-refractivity contribution is 0.475. The molecule has 0 bridgehead atoms. The van der Waals surface area contributed by atoms with Crippen molar-refractivity contribution in [3.63, 3.8) is 0 Å². The van der Waals surface area contributed by atoms with Gasteiger partial charge in [0.05, 0.1) is 0 Å². The van der Waals surface area contributed by atoms with Crippen LogP contribution in [-0.2, 0) is 0 Å². The van der Waals surface area contributed by atoms with E-state index in [1.54, 1.807) is 12.1 Å². The lowest BCUT2D eigenvalue weighted by Gasteiger charge is -2.27. The first-order valence-electron chi connectivity index (χ1n) is 5.11. The Morgan fingerprint density at radius 1 is 1.21 bits per heavy atom. The van der Waals surface area contributed by atoms with Gasteiger partial charge in [0, 0.05) is 11.2 Å². The summed E-state index contributed by atoms with van der Waals surface area (Å²) in [4.78, 5) is 0. The standard InChI is InChI=1S/C12H19NO/c1-4-9-12(2,3)13-10-5-7-11(14)8-6-10/h5-8,13-14H,4,9H2,1-3H3. The second-order valence-corrected chi connectivity index (χ2v) is 4.31. The normalized spacial score (nSPS) is 11.4. The Bertz CT molecular complexity index is 277. The molecular weight excluding hydrogens is 174 g/mol. The summed E-state index contributed by atoms with van der Waals surface area (Å²) in [5.74, 6) is 0.309. The van der Waals surface area contributed by atoms with Crippen LogP contribution in [-0.4, -0.2) is 10.6 Å². The number of aromatic hydroxyl groups is 1. The highest BCUT2D eigenvalue weighted by atomic mass is 16.3. The number of phenolic OH excluding ortho intramolecular Hbond substituents is 1. The molecule has 2 nitrogen and oxygen atoms in total. The highest BCUT2D eigenvalue weighted by molar-refractivity contribution is 5.47. The van der Waals surface area contributed by atoms with Gasteiger partial charge in [0.2, 0.25) is 0 Å². The molecule has 0 aliphatic carbocycles. The van der Waals surface area contributed by atoms with Gasteiger partial charge in [-0.3, -0.25) is 0 Å². The van der Waals surface area contributed by atoms with E-state index in [4.69, 9.17) is 5.11 Å². The van der Waals surface area contributed by atoms with Crippen LogP contribution in [0.1, 0.15) is 33.6 Å². The minimum atomic E-state index is 0.117. The predicted molar refractivity (Wildman–Crippen MR) is 60.7 cm³/mol. The molecule has 1 aromatic carbocycles. The zero-order valence-electron chi connectivity index (χ0n) is 9.17. The van der Waals surface area contributed by atoms with Crippen LogP contribution >= 0.6 is 0 Å². The molecule has 0 saturated carbocycles. The van der Waals surface area contributed by atoms with Gasteiger partial charge in [-0.1, -0.05) is 13.3 Å². The maximum absolute atomic E-state index is 9.13. The molecule has 0 amide bonds. The van der Waals surface area contributed by atoms with Gasteiger partial charge < -0.3 is 10.4 Å². The summed E-state index contributed by atoms with van der Waals surface area (Å²) in [7, 11) is 0. The molecule has 0 fully saturated rings. The van der Waals surface area contributed by atoms with Crippen LogP contribution in [0.3, 0.4) is 0 Å². The van der Waals surface area contributed by atoms with E-state index in [9.17, 15) is 0 Å². The molecule has 0 saturated heterocycles. The molecule has 1 rings (SSSR count). The van der Waals surface area contributed by atoms with Crippen molar-refractivity contribution in [2.75, 3.05) is 5.32 Å². The molecule has 0 atom stereocenters. The quantitative estimate of drug-likeness (QED) is 0.718. The Balaban J connectivity index is 2.64. The van der Waals surface area contributed by atoms with Crippen molar-refractivity contribution in [1.29, 1.82) is 0 Å². The van der Waals surface area contributed by atoms with Crippen molar-refractivity contribution in [3.05, 3.63) is 24.3 Å². The van der Waals surface area contributed by atoms with E-state index in [1.165, 1.54) is 0 Å². The Hall–Kier alpha value is -1.18. The van der Waals surface area contributed by atoms with E-state index in [0.717, 1.165) is 18.5 Å². The van der Waals surface area contributed by atoms with Crippen molar-refractivity contribution < 1.29 is 5.11 Å². The zero-order chi connectivity index (χ0) is 10.6. The Kier molecular flexibility index (Phi) is 3.39. The van der Waals surface area contributed by atoms with Gasteiger partial charge in [0.25, 0.3) is 0 Å². The maximum atomic E-state index is 9.13. The SMILES string of the molecule is CCCC(C)(C)Nc1ccc(O)cc1. The Morgan fingerprint density at radius 3 is 2.29 bits per heavy atom. The monoisotopic (exact) mass is 193 g/mol. The van der Waals surface area contributed by atoms with Crippen LogP contribution in [0.4, 0.5) is 5.69 Å². The molecule has 0 unspecified atom stereocenters. The van der Waals surface area contributed by atoms with Gasteiger partial charge in [0.15, 0.2) is 0 Å². The van der Waals surface area contributed by atoms with E-state index in [2.05, 4.69) is 26.1 Å². The first kappa shape index (κ1) is 10.9. The summed E-state index contributed by atoms with van der Waals surface area (Å²) in [6.45, 7) is 6.55. The van der Waals surface area contributed by atoms with E-state index in [1.807, 2.05) is 12.1 Å². The molecular formula is C12H19NO. The fourth-order valence-electron chi connectivity index (χ4n) is 1.62. The highest BCUT2D eigenvalue weighted by Crippen LogP contribution is 2.21. The van der Waals surface area contributed by atoms with Crippen molar-refractivity contribution in [2.45, 2.75) is 39.2 Å². The smallest absolute Gasteiger partial charge is 0.115 e. The lowest BCUT2D eigenvalue weighted by Crippen LogP contribution is -2.30. The molecule has 0 radical (unpaired) electrons. The fraction of sp³-hybridized carbons (Fsp3) is 0.500. The van der Waals surface area contributed by atoms with Crippen molar-refractivity contribution in [1.82, 2.24) is 0 Å². The van der Waals surface area contributed by atoms with Crippen LogP contribution in [0, 0.1) is 0 Å².